The van der Waals surface area contributed by atoms with Crippen LogP contribution in [0.1, 0.15) is 19.8 Å². The van der Waals surface area contributed by atoms with Gasteiger partial charge in [-0.15, -0.1) is 0 Å². The van der Waals surface area contributed by atoms with Crippen LogP contribution in [0, 0.1) is 0 Å². The van der Waals surface area contributed by atoms with Crippen molar-refractivity contribution in [2.45, 2.75) is 25.9 Å². The molecule has 0 aromatic heterocycles. The molecule has 1 atom stereocenters. The Morgan fingerprint density at radius 1 is 1.47 bits per heavy atom. The van der Waals surface area contributed by atoms with Crippen LogP contribution in [-0.4, -0.2) is 30.0 Å². The SMILES string of the molecule is CC(Oc1c(N)cc(Cl)cc1Br)C(=O)N1CCCC1. The van der Waals surface area contributed by atoms with Gasteiger partial charge in [-0.2, -0.15) is 0 Å². The second-order valence-corrected chi connectivity index (χ2v) is 5.89. The van der Waals surface area contributed by atoms with Gasteiger partial charge in [-0.05, 0) is 47.8 Å². The van der Waals surface area contributed by atoms with Crippen LogP contribution < -0.4 is 10.5 Å². The molecular weight excluding hydrogens is 332 g/mol. The van der Waals surface area contributed by atoms with E-state index in [1.54, 1.807) is 19.1 Å². The fourth-order valence-electron chi connectivity index (χ4n) is 2.13. The molecular formula is C13H16BrClN2O2. The number of benzene rings is 1. The smallest absolute Gasteiger partial charge is 0.263 e. The molecule has 1 saturated heterocycles. The number of ether oxygens (including phenoxy) is 1. The van der Waals surface area contributed by atoms with Crippen molar-refractivity contribution in [2.24, 2.45) is 0 Å². The van der Waals surface area contributed by atoms with Crippen molar-refractivity contribution in [3.05, 3.63) is 21.6 Å². The third kappa shape index (κ3) is 3.34. The molecule has 1 unspecified atom stereocenters. The first-order chi connectivity index (χ1) is 8.99. The maximum atomic E-state index is 12.2. The van der Waals surface area contributed by atoms with Crippen LogP contribution in [-0.2, 0) is 4.79 Å². The van der Waals surface area contributed by atoms with Crippen LogP contribution in [0.4, 0.5) is 5.69 Å². The first kappa shape index (κ1) is 14.5. The molecule has 2 rings (SSSR count). The molecule has 6 heteroatoms. The predicted molar refractivity (Wildman–Crippen MR) is 79.5 cm³/mol. The summed E-state index contributed by atoms with van der Waals surface area (Å²) >= 11 is 9.23. The number of nitrogens with zero attached hydrogens (tertiary/aromatic N) is 1. The number of anilines is 1. The van der Waals surface area contributed by atoms with E-state index >= 15 is 0 Å². The van der Waals surface area contributed by atoms with Crippen LogP contribution in [0.15, 0.2) is 16.6 Å². The quantitative estimate of drug-likeness (QED) is 0.855. The van der Waals surface area contributed by atoms with E-state index in [2.05, 4.69) is 15.9 Å². The largest absolute Gasteiger partial charge is 0.478 e. The molecule has 0 bridgehead atoms. The summed E-state index contributed by atoms with van der Waals surface area (Å²) in [6, 6.07) is 3.30. The molecule has 0 saturated carbocycles. The second-order valence-electron chi connectivity index (χ2n) is 4.60. The molecule has 1 heterocycles. The maximum absolute atomic E-state index is 12.2. The topological polar surface area (TPSA) is 55.6 Å². The van der Waals surface area contributed by atoms with Gasteiger partial charge in [0.05, 0.1) is 10.2 Å². The van der Waals surface area contributed by atoms with E-state index in [1.165, 1.54) is 0 Å². The Kier molecular flexibility index (Phi) is 4.58. The van der Waals surface area contributed by atoms with Crippen molar-refractivity contribution in [3.8, 4) is 5.75 Å². The number of hydrogen-bond acceptors (Lipinski definition) is 3. The molecule has 1 fully saturated rings. The summed E-state index contributed by atoms with van der Waals surface area (Å²) in [6.07, 6.45) is 1.56. The standard InChI is InChI=1S/C13H16BrClN2O2/c1-8(13(18)17-4-2-3-5-17)19-12-10(14)6-9(15)7-11(12)16/h6-8H,2-5,16H2,1H3. The summed E-state index contributed by atoms with van der Waals surface area (Å²) in [4.78, 5) is 14.0. The number of nitrogen functional groups attached to an aromatic ring is 1. The highest BCUT2D eigenvalue weighted by molar-refractivity contribution is 9.10. The fraction of sp³-hybridized carbons (Fsp3) is 0.462. The van der Waals surface area contributed by atoms with Gasteiger partial charge in [0.15, 0.2) is 11.9 Å². The molecule has 1 amide bonds. The van der Waals surface area contributed by atoms with Crippen molar-refractivity contribution in [3.63, 3.8) is 0 Å². The molecule has 19 heavy (non-hydrogen) atoms. The number of rotatable bonds is 3. The van der Waals surface area contributed by atoms with E-state index < -0.39 is 6.10 Å². The fourth-order valence-corrected chi connectivity index (χ4v) is 3.05. The van der Waals surface area contributed by atoms with Gasteiger partial charge in [0.2, 0.25) is 0 Å². The summed E-state index contributed by atoms with van der Waals surface area (Å²) in [5, 5.41) is 0.523. The number of carbonyl (C=O) groups is 1. The first-order valence-corrected chi connectivity index (χ1v) is 7.36. The summed E-state index contributed by atoms with van der Waals surface area (Å²) < 4.78 is 6.33. The maximum Gasteiger partial charge on any atom is 0.263 e. The van der Waals surface area contributed by atoms with Crippen molar-refractivity contribution in [1.82, 2.24) is 4.90 Å². The number of carbonyl (C=O) groups excluding carboxylic acids is 1. The van der Waals surface area contributed by atoms with Crippen molar-refractivity contribution >= 4 is 39.1 Å². The zero-order valence-electron chi connectivity index (χ0n) is 10.7. The lowest BCUT2D eigenvalue weighted by molar-refractivity contribution is -0.136. The molecule has 2 N–H and O–H groups in total. The highest BCUT2D eigenvalue weighted by atomic mass is 79.9. The number of halogens is 2. The minimum absolute atomic E-state index is 0.00116. The lowest BCUT2D eigenvalue weighted by Gasteiger charge is -2.22. The highest BCUT2D eigenvalue weighted by Crippen LogP contribution is 2.35. The zero-order valence-corrected chi connectivity index (χ0v) is 13.0. The summed E-state index contributed by atoms with van der Waals surface area (Å²) in [5.41, 5.74) is 6.28. The molecule has 1 aromatic rings. The summed E-state index contributed by atoms with van der Waals surface area (Å²) in [6.45, 7) is 3.36. The zero-order chi connectivity index (χ0) is 14.0. The van der Waals surface area contributed by atoms with Gasteiger partial charge in [0, 0.05) is 18.1 Å². The predicted octanol–water partition coefficient (Wildman–Crippen LogP) is 3.07. The Hall–Kier alpha value is -0.940. The van der Waals surface area contributed by atoms with Gasteiger partial charge in [-0.25, -0.2) is 0 Å². The molecule has 0 spiro atoms. The molecule has 1 aliphatic heterocycles. The Morgan fingerprint density at radius 2 is 2.11 bits per heavy atom. The average molecular weight is 348 g/mol. The molecule has 0 aliphatic carbocycles. The monoisotopic (exact) mass is 346 g/mol. The van der Waals surface area contributed by atoms with Crippen LogP contribution in [0.2, 0.25) is 5.02 Å². The van der Waals surface area contributed by atoms with E-state index in [9.17, 15) is 4.79 Å². The third-order valence-corrected chi connectivity index (χ3v) is 3.90. The first-order valence-electron chi connectivity index (χ1n) is 6.19. The van der Waals surface area contributed by atoms with Gasteiger partial charge < -0.3 is 15.4 Å². The van der Waals surface area contributed by atoms with Gasteiger partial charge >= 0.3 is 0 Å². The Bertz CT molecular complexity index is 467. The van der Waals surface area contributed by atoms with Crippen LogP contribution in [0.3, 0.4) is 0 Å². The lowest BCUT2D eigenvalue weighted by Crippen LogP contribution is -2.38. The molecule has 0 radical (unpaired) electrons. The van der Waals surface area contributed by atoms with Gasteiger partial charge in [0.1, 0.15) is 0 Å². The number of likely N-dealkylation sites (tertiary alicyclic amines) is 1. The molecule has 104 valence electrons. The second kappa shape index (κ2) is 6.01. The van der Waals surface area contributed by atoms with Gasteiger partial charge in [0.25, 0.3) is 5.91 Å². The van der Waals surface area contributed by atoms with E-state index in [1.807, 2.05) is 4.90 Å². The van der Waals surface area contributed by atoms with Crippen LogP contribution >= 0.6 is 27.5 Å². The number of amides is 1. The minimum Gasteiger partial charge on any atom is -0.478 e. The summed E-state index contributed by atoms with van der Waals surface area (Å²) in [7, 11) is 0. The average Bonchev–Trinajstić information content (AvgIpc) is 2.86. The summed E-state index contributed by atoms with van der Waals surface area (Å²) in [5.74, 6) is 0.461. The van der Waals surface area contributed by atoms with Crippen LogP contribution in [0.25, 0.3) is 0 Å². The number of hydrogen-bond donors (Lipinski definition) is 1. The minimum atomic E-state index is -0.558. The van der Waals surface area contributed by atoms with Crippen molar-refractivity contribution < 1.29 is 9.53 Å². The third-order valence-electron chi connectivity index (χ3n) is 3.10. The molecule has 1 aliphatic rings. The van der Waals surface area contributed by atoms with E-state index in [0.29, 0.717) is 20.9 Å². The van der Waals surface area contributed by atoms with E-state index in [4.69, 9.17) is 22.1 Å². The molecule has 4 nitrogen and oxygen atoms in total. The lowest BCUT2D eigenvalue weighted by atomic mass is 10.3. The van der Waals surface area contributed by atoms with Crippen molar-refractivity contribution in [2.75, 3.05) is 18.8 Å². The number of nitrogens with two attached hydrogens (primary N) is 1. The van der Waals surface area contributed by atoms with Crippen LogP contribution in [0.5, 0.6) is 5.75 Å². The van der Waals surface area contributed by atoms with Crippen molar-refractivity contribution in [1.29, 1.82) is 0 Å². The van der Waals surface area contributed by atoms with Gasteiger partial charge in [-0.1, -0.05) is 11.6 Å². The Balaban J connectivity index is 2.10. The Labute approximate surface area is 126 Å². The van der Waals surface area contributed by atoms with Gasteiger partial charge in [-0.3, -0.25) is 4.79 Å². The molecule has 1 aromatic carbocycles. The Morgan fingerprint density at radius 3 is 2.68 bits per heavy atom. The highest BCUT2D eigenvalue weighted by Gasteiger charge is 2.25. The van der Waals surface area contributed by atoms with E-state index in [0.717, 1.165) is 25.9 Å². The normalized spacial score (nSPS) is 16.5. The van der Waals surface area contributed by atoms with E-state index in [-0.39, 0.29) is 5.91 Å².